The van der Waals surface area contributed by atoms with E-state index in [-0.39, 0.29) is 19.0 Å². The Morgan fingerprint density at radius 2 is 1.69 bits per heavy atom. The van der Waals surface area contributed by atoms with Gasteiger partial charge < -0.3 is 19.1 Å². The molecule has 0 spiro atoms. The summed E-state index contributed by atoms with van der Waals surface area (Å²) in [5.74, 6) is -0.462. The molecule has 162 valence electrons. The van der Waals surface area contributed by atoms with Crippen molar-refractivity contribution >= 4 is 47.2 Å². The van der Waals surface area contributed by atoms with Gasteiger partial charge in [-0.25, -0.2) is 14.6 Å². The molecule has 11 heteroatoms. The number of esters is 1. The van der Waals surface area contributed by atoms with Crippen LogP contribution in [0.3, 0.4) is 0 Å². The van der Waals surface area contributed by atoms with Crippen molar-refractivity contribution in [2.24, 2.45) is 0 Å². The van der Waals surface area contributed by atoms with Crippen LogP contribution >= 0.6 is 23.2 Å². The molecule has 0 aliphatic carbocycles. The molecule has 0 aromatic carbocycles. The molecule has 1 aromatic rings. The van der Waals surface area contributed by atoms with E-state index in [1.54, 1.807) is 32.9 Å². The van der Waals surface area contributed by atoms with Crippen molar-refractivity contribution < 1.29 is 28.6 Å². The molecule has 0 bridgehead atoms. The molecule has 0 fully saturated rings. The molecular formula is C18H25Cl2N3O6. The first kappa shape index (κ1) is 24.8. The minimum atomic E-state index is -1.71. The summed E-state index contributed by atoms with van der Waals surface area (Å²) in [5, 5.41) is 0. The summed E-state index contributed by atoms with van der Waals surface area (Å²) >= 11 is 11.4. The first-order chi connectivity index (χ1) is 13.2. The van der Waals surface area contributed by atoms with E-state index in [0.717, 1.165) is 9.80 Å². The molecule has 0 radical (unpaired) electrons. The van der Waals surface area contributed by atoms with Crippen LogP contribution in [0.15, 0.2) is 18.3 Å². The summed E-state index contributed by atoms with van der Waals surface area (Å²) in [6, 6.07) is 3.24. The highest BCUT2D eigenvalue weighted by Gasteiger charge is 2.27. The van der Waals surface area contributed by atoms with Crippen LogP contribution in [0.5, 0.6) is 0 Å². The molecule has 0 aliphatic rings. The molecule has 1 aromatic heterocycles. The standard InChI is InChI=1S/C18H25Cl2N3O6/c1-17(2,3)28-15(25)22(5)10-13(24)27-11-12-8-7-9-21-14(12)23(6)16(26)29-18(4,19)20/h7-9H,10-11H2,1-6H3. The van der Waals surface area contributed by atoms with Gasteiger partial charge in [-0.3, -0.25) is 9.69 Å². The van der Waals surface area contributed by atoms with Crippen LogP contribution in [-0.4, -0.2) is 58.8 Å². The van der Waals surface area contributed by atoms with E-state index in [9.17, 15) is 14.4 Å². The maximum Gasteiger partial charge on any atom is 0.417 e. The molecule has 0 aliphatic heterocycles. The third-order valence-corrected chi connectivity index (χ3v) is 3.34. The molecule has 29 heavy (non-hydrogen) atoms. The molecule has 1 heterocycles. The van der Waals surface area contributed by atoms with Gasteiger partial charge in [-0.2, -0.15) is 0 Å². The Kier molecular flexibility index (Phi) is 8.52. The van der Waals surface area contributed by atoms with Gasteiger partial charge in [0.15, 0.2) is 0 Å². The highest BCUT2D eigenvalue weighted by atomic mass is 35.5. The number of nitrogens with zero attached hydrogens (tertiary/aromatic N) is 3. The molecule has 9 nitrogen and oxygen atoms in total. The third-order valence-electron chi connectivity index (χ3n) is 3.19. The van der Waals surface area contributed by atoms with Gasteiger partial charge in [0.05, 0.1) is 0 Å². The lowest BCUT2D eigenvalue weighted by molar-refractivity contribution is -0.145. The Labute approximate surface area is 179 Å². The van der Waals surface area contributed by atoms with E-state index in [1.165, 1.54) is 27.2 Å². The van der Waals surface area contributed by atoms with E-state index in [2.05, 4.69) is 4.98 Å². The third kappa shape index (κ3) is 9.19. The zero-order valence-corrected chi connectivity index (χ0v) is 18.7. The highest BCUT2D eigenvalue weighted by molar-refractivity contribution is 6.47. The van der Waals surface area contributed by atoms with Crippen molar-refractivity contribution in [3.05, 3.63) is 23.9 Å². The highest BCUT2D eigenvalue weighted by Crippen LogP contribution is 2.24. The van der Waals surface area contributed by atoms with Gasteiger partial charge in [0.1, 0.15) is 24.6 Å². The van der Waals surface area contributed by atoms with Crippen LogP contribution in [0, 0.1) is 0 Å². The summed E-state index contributed by atoms with van der Waals surface area (Å²) in [7, 11) is 2.83. The van der Waals surface area contributed by atoms with Gasteiger partial charge in [-0.15, -0.1) is 0 Å². The van der Waals surface area contributed by atoms with Gasteiger partial charge in [0, 0.05) is 32.8 Å². The van der Waals surface area contributed by atoms with Crippen molar-refractivity contribution in [2.45, 2.75) is 44.4 Å². The molecule has 0 unspecified atom stereocenters. The van der Waals surface area contributed by atoms with E-state index in [0.29, 0.717) is 5.56 Å². The molecule has 0 N–H and O–H groups in total. The number of hydrogen-bond donors (Lipinski definition) is 0. The van der Waals surface area contributed by atoms with Crippen LogP contribution < -0.4 is 4.90 Å². The Morgan fingerprint density at radius 1 is 1.07 bits per heavy atom. The number of likely N-dealkylation sites (N-methyl/N-ethyl adjacent to an activating group) is 1. The summed E-state index contributed by atoms with van der Waals surface area (Å²) in [6.45, 7) is 5.97. The van der Waals surface area contributed by atoms with E-state index < -0.39 is 28.3 Å². The number of pyridine rings is 1. The van der Waals surface area contributed by atoms with Crippen molar-refractivity contribution in [1.29, 1.82) is 0 Å². The number of anilines is 1. The van der Waals surface area contributed by atoms with Crippen molar-refractivity contribution in [1.82, 2.24) is 9.88 Å². The number of ether oxygens (including phenoxy) is 3. The Morgan fingerprint density at radius 3 is 2.24 bits per heavy atom. The quantitative estimate of drug-likeness (QED) is 0.370. The molecule has 0 saturated carbocycles. The molecule has 1 rings (SSSR count). The average molecular weight is 450 g/mol. The minimum absolute atomic E-state index is 0.180. The second kappa shape index (κ2) is 9.98. The largest absolute Gasteiger partial charge is 0.459 e. The number of alkyl halides is 2. The maximum absolute atomic E-state index is 12.1. The predicted molar refractivity (Wildman–Crippen MR) is 108 cm³/mol. The second-order valence-electron chi connectivity index (χ2n) is 7.22. The minimum Gasteiger partial charge on any atom is -0.459 e. The van der Waals surface area contributed by atoms with Crippen LogP contribution in [0.4, 0.5) is 15.4 Å². The summed E-state index contributed by atoms with van der Waals surface area (Å²) in [4.78, 5) is 42.4. The smallest absolute Gasteiger partial charge is 0.417 e. The first-order valence-electron chi connectivity index (χ1n) is 8.58. The van der Waals surface area contributed by atoms with E-state index >= 15 is 0 Å². The van der Waals surface area contributed by atoms with Gasteiger partial charge in [-0.05, 0) is 26.8 Å². The fraction of sp³-hybridized carbons (Fsp3) is 0.556. The number of rotatable bonds is 6. The summed E-state index contributed by atoms with van der Waals surface area (Å²) < 4.78 is 13.5. The molecular weight excluding hydrogens is 425 g/mol. The monoisotopic (exact) mass is 449 g/mol. The van der Waals surface area contributed by atoms with Crippen molar-refractivity contribution in [3.63, 3.8) is 0 Å². The number of carbonyl (C=O) groups is 3. The average Bonchev–Trinajstić information content (AvgIpc) is 2.56. The lowest BCUT2D eigenvalue weighted by Crippen LogP contribution is -2.37. The molecule has 0 saturated heterocycles. The number of aromatic nitrogens is 1. The zero-order valence-electron chi connectivity index (χ0n) is 17.2. The van der Waals surface area contributed by atoms with Crippen LogP contribution in [0.25, 0.3) is 0 Å². The van der Waals surface area contributed by atoms with Crippen molar-refractivity contribution in [3.8, 4) is 0 Å². The van der Waals surface area contributed by atoms with Crippen LogP contribution in [0.2, 0.25) is 0 Å². The van der Waals surface area contributed by atoms with E-state index in [1.807, 2.05) is 0 Å². The zero-order chi connectivity index (χ0) is 22.4. The number of carbonyl (C=O) groups excluding carboxylic acids is 3. The van der Waals surface area contributed by atoms with Gasteiger partial charge in [-0.1, -0.05) is 29.3 Å². The van der Waals surface area contributed by atoms with Gasteiger partial charge in [0.25, 0.3) is 4.52 Å². The Hall–Kier alpha value is -2.26. The summed E-state index contributed by atoms with van der Waals surface area (Å²) in [6.07, 6.45) is -0.0287. The summed E-state index contributed by atoms with van der Waals surface area (Å²) in [5.41, 5.74) is -0.243. The number of halogens is 2. The first-order valence-corrected chi connectivity index (χ1v) is 9.33. The van der Waals surface area contributed by atoms with E-state index in [4.69, 9.17) is 37.4 Å². The number of hydrogen-bond acceptors (Lipinski definition) is 7. The van der Waals surface area contributed by atoms with Gasteiger partial charge >= 0.3 is 18.2 Å². The fourth-order valence-electron chi connectivity index (χ4n) is 1.96. The number of amides is 2. The molecule has 2 amide bonds. The fourth-order valence-corrected chi connectivity index (χ4v) is 2.09. The topological polar surface area (TPSA) is 98.3 Å². The Bertz CT molecular complexity index is 746. The maximum atomic E-state index is 12.1. The van der Waals surface area contributed by atoms with Crippen molar-refractivity contribution in [2.75, 3.05) is 25.5 Å². The van der Waals surface area contributed by atoms with Crippen LogP contribution in [-0.2, 0) is 25.6 Å². The van der Waals surface area contributed by atoms with Crippen LogP contribution in [0.1, 0.15) is 33.3 Å². The Balaban J connectivity index is 2.72. The molecule has 0 atom stereocenters. The normalized spacial score (nSPS) is 11.4. The van der Waals surface area contributed by atoms with Gasteiger partial charge in [0.2, 0.25) is 0 Å². The lowest BCUT2D eigenvalue weighted by Gasteiger charge is -2.24. The SMILES string of the molecule is CN(CC(=O)OCc1cccnc1N(C)C(=O)OC(C)(Cl)Cl)C(=O)OC(C)(C)C. The lowest BCUT2D eigenvalue weighted by atomic mass is 10.2. The second-order valence-corrected chi connectivity index (χ2v) is 8.85. The predicted octanol–water partition coefficient (Wildman–Crippen LogP) is 3.72.